The fourth-order valence-corrected chi connectivity index (χ4v) is 4.36. The molecular weight excluding hydrogens is 369 g/mol. The normalized spacial score (nSPS) is 16.1. The Bertz CT molecular complexity index is 789. The van der Waals surface area contributed by atoms with Crippen LogP contribution < -0.4 is 9.73 Å². The zero-order chi connectivity index (χ0) is 17.2. The molecular formula is C16H17Cl2N3O2S. The maximum atomic E-state index is 13.2. The fourth-order valence-electron chi connectivity index (χ4n) is 2.56. The number of benzene rings is 2. The van der Waals surface area contributed by atoms with E-state index in [0.29, 0.717) is 28.8 Å². The van der Waals surface area contributed by atoms with E-state index < -0.39 is 10.0 Å². The van der Waals surface area contributed by atoms with Gasteiger partial charge in [-0.15, -0.1) is 0 Å². The molecule has 128 valence electrons. The number of halogens is 2. The Labute approximate surface area is 151 Å². The van der Waals surface area contributed by atoms with Crippen LogP contribution in [0.1, 0.15) is 0 Å². The Kier molecular flexibility index (Phi) is 5.32. The monoisotopic (exact) mass is 385 g/mol. The van der Waals surface area contributed by atoms with Gasteiger partial charge in [0, 0.05) is 36.2 Å². The van der Waals surface area contributed by atoms with Crippen molar-refractivity contribution >= 4 is 38.9 Å². The number of piperazine rings is 1. The van der Waals surface area contributed by atoms with Crippen molar-refractivity contribution < 1.29 is 8.42 Å². The van der Waals surface area contributed by atoms with Gasteiger partial charge < -0.3 is 5.32 Å². The molecule has 1 heterocycles. The van der Waals surface area contributed by atoms with E-state index >= 15 is 0 Å². The molecule has 0 amide bonds. The second kappa shape index (κ2) is 7.29. The maximum Gasteiger partial charge on any atom is 0.277 e. The molecule has 0 bridgehead atoms. The number of nitrogens with one attached hydrogen (secondary N) is 1. The third kappa shape index (κ3) is 3.68. The highest BCUT2D eigenvalue weighted by molar-refractivity contribution is 7.92. The highest BCUT2D eigenvalue weighted by Crippen LogP contribution is 2.28. The summed E-state index contributed by atoms with van der Waals surface area (Å²) in [4.78, 5) is 0.195. The lowest BCUT2D eigenvalue weighted by Crippen LogP contribution is -2.54. The first kappa shape index (κ1) is 17.5. The van der Waals surface area contributed by atoms with Crippen LogP contribution >= 0.6 is 23.2 Å². The molecule has 1 fully saturated rings. The van der Waals surface area contributed by atoms with Gasteiger partial charge in [0.15, 0.2) is 0 Å². The zero-order valence-corrected chi connectivity index (χ0v) is 15.2. The summed E-state index contributed by atoms with van der Waals surface area (Å²) in [5.74, 6) is 0. The fraction of sp³-hybridized carbons (Fsp3) is 0.250. The molecule has 24 heavy (non-hydrogen) atoms. The summed E-state index contributed by atoms with van der Waals surface area (Å²) < 4.78 is 27.8. The Morgan fingerprint density at radius 1 is 0.875 bits per heavy atom. The van der Waals surface area contributed by atoms with Gasteiger partial charge in [-0.1, -0.05) is 23.2 Å². The summed E-state index contributed by atoms with van der Waals surface area (Å²) in [5, 5.41) is 6.10. The van der Waals surface area contributed by atoms with Crippen LogP contribution in [0.4, 0.5) is 5.69 Å². The van der Waals surface area contributed by atoms with E-state index in [-0.39, 0.29) is 4.90 Å². The van der Waals surface area contributed by atoms with E-state index in [4.69, 9.17) is 23.2 Å². The zero-order valence-electron chi connectivity index (χ0n) is 12.8. The molecule has 2 aromatic carbocycles. The molecule has 1 saturated heterocycles. The molecule has 0 unspecified atom stereocenters. The molecule has 0 aliphatic carbocycles. The highest BCUT2D eigenvalue weighted by atomic mass is 35.5. The largest absolute Gasteiger partial charge is 0.314 e. The minimum Gasteiger partial charge on any atom is -0.314 e. The molecule has 2 aromatic rings. The lowest BCUT2D eigenvalue weighted by atomic mass is 10.3. The average Bonchev–Trinajstić information content (AvgIpc) is 2.58. The summed E-state index contributed by atoms with van der Waals surface area (Å²) in [6.07, 6.45) is 0. The number of nitrogens with zero attached hydrogens (tertiary/aromatic N) is 2. The van der Waals surface area contributed by atoms with Crippen LogP contribution in [0.3, 0.4) is 0 Å². The maximum absolute atomic E-state index is 13.2. The van der Waals surface area contributed by atoms with Crippen molar-refractivity contribution in [2.75, 3.05) is 30.6 Å². The van der Waals surface area contributed by atoms with E-state index in [0.717, 1.165) is 13.1 Å². The van der Waals surface area contributed by atoms with Crippen LogP contribution in [-0.4, -0.2) is 39.6 Å². The van der Waals surface area contributed by atoms with Crippen LogP contribution in [-0.2, 0) is 10.0 Å². The van der Waals surface area contributed by atoms with Crippen molar-refractivity contribution in [3.63, 3.8) is 0 Å². The number of hydrazine groups is 1. The van der Waals surface area contributed by atoms with E-state index in [1.165, 1.54) is 16.5 Å². The number of sulfonamides is 1. The third-order valence-electron chi connectivity index (χ3n) is 3.74. The second-order valence-corrected chi connectivity index (χ2v) is 8.02. The van der Waals surface area contributed by atoms with Crippen molar-refractivity contribution in [3.8, 4) is 0 Å². The summed E-state index contributed by atoms with van der Waals surface area (Å²) in [7, 11) is -3.75. The van der Waals surface area contributed by atoms with Gasteiger partial charge in [-0.25, -0.2) is 5.01 Å². The van der Waals surface area contributed by atoms with Gasteiger partial charge in [0.05, 0.1) is 10.6 Å². The average molecular weight is 386 g/mol. The van der Waals surface area contributed by atoms with E-state index in [1.54, 1.807) is 36.4 Å². The summed E-state index contributed by atoms with van der Waals surface area (Å²) >= 11 is 11.8. The molecule has 1 N–H and O–H groups in total. The van der Waals surface area contributed by atoms with E-state index in [9.17, 15) is 8.42 Å². The SMILES string of the molecule is O=S(=O)(c1ccc(Cl)cc1)N(c1ccc(Cl)cc1)N1CCNCC1. The topological polar surface area (TPSA) is 52.7 Å². The molecule has 0 saturated carbocycles. The van der Waals surface area contributed by atoms with E-state index in [2.05, 4.69) is 5.32 Å². The van der Waals surface area contributed by atoms with Gasteiger partial charge in [0.25, 0.3) is 10.0 Å². The summed E-state index contributed by atoms with van der Waals surface area (Å²) in [5.41, 5.74) is 0.552. The minimum atomic E-state index is -3.75. The van der Waals surface area contributed by atoms with Crippen molar-refractivity contribution in [1.82, 2.24) is 10.3 Å². The molecule has 0 radical (unpaired) electrons. The van der Waals surface area contributed by atoms with Gasteiger partial charge in [0.1, 0.15) is 0 Å². The van der Waals surface area contributed by atoms with E-state index in [1.807, 2.05) is 5.01 Å². The molecule has 0 spiro atoms. The van der Waals surface area contributed by atoms with Gasteiger partial charge >= 0.3 is 0 Å². The predicted molar refractivity (Wildman–Crippen MR) is 97.0 cm³/mol. The van der Waals surface area contributed by atoms with Crippen LogP contribution in [0.2, 0.25) is 10.0 Å². The van der Waals surface area contributed by atoms with Crippen LogP contribution in [0.5, 0.6) is 0 Å². The molecule has 1 aliphatic rings. The second-order valence-electron chi connectivity index (χ2n) is 5.38. The lowest BCUT2D eigenvalue weighted by Gasteiger charge is -2.38. The molecule has 8 heteroatoms. The van der Waals surface area contributed by atoms with Gasteiger partial charge in [-0.3, -0.25) is 0 Å². The number of hydrogen-bond donors (Lipinski definition) is 1. The molecule has 0 aromatic heterocycles. The van der Waals surface area contributed by atoms with Crippen molar-refractivity contribution in [1.29, 1.82) is 0 Å². The van der Waals surface area contributed by atoms with Crippen LogP contribution in [0, 0.1) is 0 Å². The van der Waals surface area contributed by atoms with Gasteiger partial charge in [-0.05, 0) is 48.5 Å². The molecule has 1 aliphatic heterocycles. The first-order chi connectivity index (χ1) is 11.5. The Balaban J connectivity index is 2.05. The Morgan fingerprint density at radius 2 is 1.38 bits per heavy atom. The molecule has 5 nitrogen and oxygen atoms in total. The first-order valence-electron chi connectivity index (χ1n) is 7.50. The quantitative estimate of drug-likeness (QED) is 0.878. The standard InChI is InChI=1S/C16H17Cl2N3O2S/c17-13-1-5-15(6-2-13)21(20-11-9-19-10-12-20)24(22,23)16-7-3-14(18)4-8-16/h1-8,19H,9-12H2. The van der Waals surface area contributed by atoms with Crippen molar-refractivity contribution in [2.24, 2.45) is 0 Å². The van der Waals surface area contributed by atoms with Crippen molar-refractivity contribution in [3.05, 3.63) is 58.6 Å². The van der Waals surface area contributed by atoms with Gasteiger partial charge in [0.2, 0.25) is 0 Å². The van der Waals surface area contributed by atoms with Crippen LogP contribution in [0.25, 0.3) is 0 Å². The smallest absolute Gasteiger partial charge is 0.277 e. The molecule has 0 atom stereocenters. The third-order valence-corrected chi connectivity index (χ3v) is 6.01. The minimum absolute atomic E-state index is 0.195. The number of hydrogen-bond acceptors (Lipinski definition) is 4. The predicted octanol–water partition coefficient (Wildman–Crippen LogP) is 3.01. The Hall–Kier alpha value is -1.31. The Morgan fingerprint density at radius 3 is 1.92 bits per heavy atom. The molecule has 3 rings (SSSR count). The van der Waals surface area contributed by atoms with Crippen molar-refractivity contribution in [2.45, 2.75) is 4.90 Å². The summed E-state index contributed by atoms with van der Waals surface area (Å²) in [6.45, 7) is 2.63. The lowest BCUT2D eigenvalue weighted by molar-refractivity contribution is 0.253. The van der Waals surface area contributed by atoms with Gasteiger partial charge in [-0.2, -0.15) is 12.8 Å². The number of rotatable bonds is 4. The number of anilines is 1. The van der Waals surface area contributed by atoms with Crippen LogP contribution in [0.15, 0.2) is 53.4 Å². The first-order valence-corrected chi connectivity index (χ1v) is 9.70. The summed E-state index contributed by atoms with van der Waals surface area (Å²) in [6, 6.07) is 13.0. The highest BCUT2D eigenvalue weighted by Gasteiger charge is 2.31.